The number of fused-ring (bicyclic) bond motifs is 3. The number of carbonyl (C=O) groups is 2. The zero-order chi connectivity index (χ0) is 24.2. The third kappa shape index (κ3) is 4.07. The number of carbonyl (C=O) groups excluding carboxylic acids is 2. The number of hydrogen-bond donors (Lipinski definition) is 0. The smallest absolute Gasteiger partial charge is 0.321 e. The fraction of sp³-hybridized carbons (Fsp3) is 0.400. The summed E-state index contributed by atoms with van der Waals surface area (Å²) < 4.78 is 23.5. The Hall–Kier alpha value is -3.59. The molecule has 0 bridgehead atoms. The van der Waals surface area contributed by atoms with Crippen LogP contribution in [0.25, 0.3) is 11.0 Å². The van der Waals surface area contributed by atoms with Crippen LogP contribution in [0.2, 0.25) is 0 Å². The van der Waals surface area contributed by atoms with E-state index in [0.29, 0.717) is 42.6 Å². The normalized spacial score (nSPS) is 17.5. The van der Waals surface area contributed by atoms with Crippen molar-refractivity contribution in [2.24, 2.45) is 5.92 Å². The number of rotatable bonds is 9. The van der Waals surface area contributed by atoms with E-state index in [1.54, 1.807) is 45.3 Å². The molecule has 180 valence electrons. The lowest BCUT2D eigenvalue weighted by molar-refractivity contribution is -0.153. The molecule has 4 rings (SSSR count). The van der Waals surface area contributed by atoms with Crippen molar-refractivity contribution in [2.75, 3.05) is 46.0 Å². The number of benzene rings is 2. The minimum absolute atomic E-state index is 0.163. The Labute approximate surface area is 198 Å². The summed E-state index contributed by atoms with van der Waals surface area (Å²) in [6.07, 6.45) is 0.595. The molecule has 2 heterocycles. The molecule has 0 radical (unpaired) electrons. The van der Waals surface area contributed by atoms with Gasteiger partial charge in [0.05, 0.1) is 37.9 Å². The lowest BCUT2D eigenvalue weighted by Gasteiger charge is -2.38. The first kappa shape index (κ1) is 23.6. The topological polar surface area (TPSA) is 92.1 Å². The van der Waals surface area contributed by atoms with Crippen LogP contribution in [-0.2, 0) is 19.1 Å². The molecule has 0 saturated carbocycles. The van der Waals surface area contributed by atoms with Gasteiger partial charge >= 0.3 is 5.97 Å². The largest absolute Gasteiger partial charge is 0.497 e. The van der Waals surface area contributed by atoms with Gasteiger partial charge in [-0.25, -0.2) is 4.98 Å². The second-order valence-electron chi connectivity index (χ2n) is 7.89. The summed E-state index contributed by atoms with van der Waals surface area (Å²) in [5.41, 5.74) is 2.19. The summed E-state index contributed by atoms with van der Waals surface area (Å²) in [6, 6.07) is 12.3. The Kier molecular flexibility index (Phi) is 7.02. The maximum Gasteiger partial charge on any atom is 0.321 e. The summed E-state index contributed by atoms with van der Waals surface area (Å²) in [5.74, 6) is -0.480. The van der Waals surface area contributed by atoms with E-state index in [1.807, 2.05) is 34.9 Å². The highest BCUT2D eigenvalue weighted by Crippen LogP contribution is 2.44. The summed E-state index contributed by atoms with van der Waals surface area (Å²) >= 11 is 0. The maximum atomic E-state index is 13.8. The lowest BCUT2D eigenvalue weighted by Crippen LogP contribution is -2.50. The Morgan fingerprint density at radius 1 is 1.09 bits per heavy atom. The van der Waals surface area contributed by atoms with Gasteiger partial charge < -0.3 is 23.5 Å². The highest BCUT2D eigenvalue weighted by Gasteiger charge is 2.48. The summed E-state index contributed by atoms with van der Waals surface area (Å²) in [7, 11) is 4.73. The van der Waals surface area contributed by atoms with Crippen molar-refractivity contribution in [2.45, 2.75) is 19.4 Å². The molecule has 1 aliphatic heterocycles. The van der Waals surface area contributed by atoms with E-state index in [0.717, 1.165) is 11.0 Å². The molecule has 9 nitrogen and oxygen atoms in total. The van der Waals surface area contributed by atoms with Gasteiger partial charge in [0, 0.05) is 31.9 Å². The van der Waals surface area contributed by atoms with E-state index in [1.165, 1.54) is 0 Å². The van der Waals surface area contributed by atoms with Gasteiger partial charge in [-0.1, -0.05) is 12.1 Å². The first-order valence-electron chi connectivity index (χ1n) is 11.2. The van der Waals surface area contributed by atoms with Crippen molar-refractivity contribution in [3.05, 3.63) is 48.0 Å². The SMILES string of the molecule is CCOC(=O)C1C(=O)N(CCCOC)c2nc3ccccc3n2C1c1ccc(OC)cc1OC. The third-order valence-electron chi connectivity index (χ3n) is 5.97. The van der Waals surface area contributed by atoms with E-state index >= 15 is 0 Å². The van der Waals surface area contributed by atoms with Crippen LogP contribution in [-0.4, -0.2) is 62.5 Å². The van der Waals surface area contributed by atoms with Gasteiger partial charge in [-0.15, -0.1) is 0 Å². The minimum atomic E-state index is -1.12. The van der Waals surface area contributed by atoms with Gasteiger partial charge in [0.1, 0.15) is 11.5 Å². The fourth-order valence-electron chi connectivity index (χ4n) is 4.47. The van der Waals surface area contributed by atoms with Crippen molar-refractivity contribution >= 4 is 28.9 Å². The molecule has 0 spiro atoms. The number of esters is 1. The van der Waals surface area contributed by atoms with Crippen LogP contribution in [0.1, 0.15) is 24.9 Å². The Morgan fingerprint density at radius 2 is 1.88 bits per heavy atom. The van der Waals surface area contributed by atoms with Crippen molar-refractivity contribution in [1.29, 1.82) is 0 Å². The quantitative estimate of drug-likeness (QED) is 0.271. The zero-order valence-electron chi connectivity index (χ0n) is 19.8. The molecule has 34 heavy (non-hydrogen) atoms. The van der Waals surface area contributed by atoms with Crippen LogP contribution in [0.15, 0.2) is 42.5 Å². The van der Waals surface area contributed by atoms with Crippen molar-refractivity contribution in [3.63, 3.8) is 0 Å². The van der Waals surface area contributed by atoms with Crippen LogP contribution in [0.5, 0.6) is 11.5 Å². The number of imidazole rings is 1. The Balaban J connectivity index is 1.98. The van der Waals surface area contributed by atoms with Crippen LogP contribution in [0.4, 0.5) is 5.95 Å². The molecule has 0 aliphatic carbocycles. The van der Waals surface area contributed by atoms with Gasteiger partial charge in [0.15, 0.2) is 5.92 Å². The number of amides is 1. The molecule has 9 heteroatoms. The first-order valence-corrected chi connectivity index (χ1v) is 11.2. The molecular formula is C25H29N3O6. The third-order valence-corrected chi connectivity index (χ3v) is 5.97. The number of para-hydroxylation sites is 2. The predicted molar refractivity (Wildman–Crippen MR) is 126 cm³/mol. The maximum absolute atomic E-state index is 13.8. The van der Waals surface area contributed by atoms with Crippen LogP contribution in [0, 0.1) is 5.92 Å². The number of methoxy groups -OCH3 is 3. The van der Waals surface area contributed by atoms with Gasteiger partial charge in [-0.2, -0.15) is 0 Å². The zero-order valence-corrected chi connectivity index (χ0v) is 19.8. The van der Waals surface area contributed by atoms with Crippen molar-refractivity contribution in [1.82, 2.24) is 9.55 Å². The van der Waals surface area contributed by atoms with Crippen molar-refractivity contribution in [3.8, 4) is 11.5 Å². The van der Waals surface area contributed by atoms with Gasteiger partial charge in [-0.3, -0.25) is 14.5 Å². The average Bonchev–Trinajstić information content (AvgIpc) is 3.24. The summed E-state index contributed by atoms with van der Waals surface area (Å²) in [6.45, 7) is 2.72. The number of anilines is 1. The van der Waals surface area contributed by atoms with Crippen molar-refractivity contribution < 1.29 is 28.5 Å². The summed E-state index contributed by atoms with van der Waals surface area (Å²) in [4.78, 5) is 33.5. The summed E-state index contributed by atoms with van der Waals surface area (Å²) in [5, 5.41) is 0. The van der Waals surface area contributed by atoms with Gasteiger partial charge in [0.2, 0.25) is 11.9 Å². The standard InChI is InChI=1S/C25H29N3O6/c1-5-34-24(30)21-22(17-12-11-16(32-3)15-20(17)33-4)28-19-10-7-6-9-18(19)26-25(28)27(23(21)29)13-8-14-31-2/h6-7,9-12,15,21-22H,5,8,13-14H2,1-4H3. The van der Waals surface area contributed by atoms with E-state index in [9.17, 15) is 9.59 Å². The van der Waals surface area contributed by atoms with Crippen LogP contribution < -0.4 is 14.4 Å². The monoisotopic (exact) mass is 467 g/mol. The fourth-order valence-corrected chi connectivity index (χ4v) is 4.47. The second-order valence-corrected chi connectivity index (χ2v) is 7.89. The number of aromatic nitrogens is 2. The van der Waals surface area contributed by atoms with Crippen LogP contribution in [0.3, 0.4) is 0 Å². The van der Waals surface area contributed by atoms with E-state index in [2.05, 4.69) is 0 Å². The number of nitrogens with zero attached hydrogens (tertiary/aromatic N) is 3. The highest BCUT2D eigenvalue weighted by molar-refractivity contribution is 6.08. The average molecular weight is 468 g/mol. The minimum Gasteiger partial charge on any atom is -0.497 e. The Bertz CT molecular complexity index is 1190. The predicted octanol–water partition coefficient (Wildman–Crippen LogP) is 3.21. The molecule has 2 aromatic carbocycles. The van der Waals surface area contributed by atoms with E-state index in [4.69, 9.17) is 23.9 Å². The lowest BCUT2D eigenvalue weighted by atomic mass is 9.88. The van der Waals surface area contributed by atoms with E-state index < -0.39 is 17.9 Å². The molecule has 1 aliphatic rings. The molecular weight excluding hydrogens is 438 g/mol. The molecule has 0 N–H and O–H groups in total. The second kappa shape index (κ2) is 10.1. The molecule has 0 fully saturated rings. The molecule has 2 unspecified atom stereocenters. The van der Waals surface area contributed by atoms with Gasteiger partial charge in [-0.05, 0) is 37.6 Å². The molecule has 3 aromatic rings. The molecule has 0 saturated heterocycles. The number of ether oxygens (including phenoxy) is 4. The number of hydrogen-bond acceptors (Lipinski definition) is 7. The molecule has 1 amide bonds. The highest BCUT2D eigenvalue weighted by atomic mass is 16.5. The van der Waals surface area contributed by atoms with Gasteiger partial charge in [0.25, 0.3) is 0 Å². The van der Waals surface area contributed by atoms with E-state index in [-0.39, 0.29) is 12.5 Å². The molecule has 1 aromatic heterocycles. The Morgan fingerprint density at radius 3 is 2.59 bits per heavy atom. The first-order chi connectivity index (χ1) is 16.5. The van der Waals surface area contributed by atoms with Crippen LogP contribution >= 0.6 is 0 Å². The molecule has 2 atom stereocenters.